The van der Waals surface area contributed by atoms with Crippen molar-refractivity contribution in [3.8, 4) is 0 Å². The summed E-state index contributed by atoms with van der Waals surface area (Å²) in [7, 11) is -3.83. The number of nitrogens with zero attached hydrogens (tertiary/aromatic N) is 7. The molecule has 1 aromatic heterocycles. The van der Waals surface area contributed by atoms with Crippen molar-refractivity contribution in [2.24, 2.45) is 0 Å². The van der Waals surface area contributed by atoms with Gasteiger partial charge in [-0.15, -0.1) is 5.10 Å². The molecule has 51 heavy (non-hydrogen) atoms. The fourth-order valence-corrected chi connectivity index (χ4v) is 7.57. The van der Waals surface area contributed by atoms with Crippen molar-refractivity contribution in [1.82, 2.24) is 39.3 Å². The van der Waals surface area contributed by atoms with Crippen LogP contribution in [-0.4, -0.2) is 98.9 Å². The van der Waals surface area contributed by atoms with Crippen molar-refractivity contribution in [3.05, 3.63) is 94.6 Å². The average Bonchev–Trinajstić information content (AvgIpc) is 3.63. The molecular weight excluding hydrogens is 690 g/mol. The number of aromatic nitrogens is 3. The van der Waals surface area contributed by atoms with E-state index in [1.54, 1.807) is 6.07 Å². The number of carbonyl (C=O) groups is 4. The Morgan fingerprint density at radius 2 is 1.63 bits per heavy atom. The number of hydrogen-bond donors (Lipinski definition) is 3. The van der Waals surface area contributed by atoms with Gasteiger partial charge in [0.1, 0.15) is 17.2 Å². The summed E-state index contributed by atoms with van der Waals surface area (Å²) in [6.07, 6.45) is 0.109. The molecule has 0 spiro atoms. The van der Waals surface area contributed by atoms with Gasteiger partial charge < -0.3 is 11.1 Å². The summed E-state index contributed by atoms with van der Waals surface area (Å²) in [5.41, 5.74) is 7.49. The Kier molecular flexibility index (Phi) is 8.69. The first-order valence-electron chi connectivity index (χ1n) is 15.7. The van der Waals surface area contributed by atoms with Crippen LogP contribution < -0.4 is 16.4 Å². The monoisotopic (exact) mass is 720 g/mol. The molecule has 4 N–H and O–H groups in total. The lowest BCUT2D eigenvalue weighted by Crippen LogP contribution is -2.56. The van der Waals surface area contributed by atoms with Gasteiger partial charge in [0.2, 0.25) is 27.8 Å². The minimum atomic E-state index is -3.83. The second-order valence-corrected chi connectivity index (χ2v) is 14.0. The molecule has 4 aromatic rings. The number of urea groups is 1. The number of anilines is 3. The molecule has 0 aliphatic carbocycles. The van der Waals surface area contributed by atoms with Gasteiger partial charge in [-0.25, -0.2) is 32.0 Å². The van der Waals surface area contributed by atoms with Crippen LogP contribution in [0.15, 0.2) is 65.6 Å². The van der Waals surface area contributed by atoms with Crippen molar-refractivity contribution in [2.75, 3.05) is 43.8 Å². The second kappa shape index (κ2) is 13.2. The Bertz CT molecular complexity index is 2170. The highest BCUT2D eigenvalue weighted by Crippen LogP contribution is 2.28. The van der Waals surface area contributed by atoms with Gasteiger partial charge >= 0.3 is 6.03 Å². The van der Waals surface area contributed by atoms with Crippen LogP contribution in [-0.2, 0) is 27.9 Å². The molecule has 2 fully saturated rings. The number of benzene rings is 3. The van der Waals surface area contributed by atoms with Crippen LogP contribution in [0.5, 0.6) is 0 Å². The zero-order valence-electron chi connectivity index (χ0n) is 26.8. The number of amides is 4. The third-order valence-electron chi connectivity index (χ3n) is 8.76. The molecule has 3 aliphatic rings. The first-order valence-corrected chi connectivity index (χ1v) is 17.2. The summed E-state index contributed by atoms with van der Waals surface area (Å²) in [6, 6.07) is 13.6. The van der Waals surface area contributed by atoms with Gasteiger partial charge in [0, 0.05) is 50.4 Å². The van der Waals surface area contributed by atoms with Gasteiger partial charge in [-0.3, -0.25) is 24.6 Å². The molecule has 0 bridgehead atoms. The minimum Gasteiger partial charge on any atom is -0.368 e. The maximum absolute atomic E-state index is 14.1. The van der Waals surface area contributed by atoms with E-state index in [1.807, 2.05) is 12.1 Å². The van der Waals surface area contributed by atoms with E-state index in [0.717, 1.165) is 29.3 Å². The van der Waals surface area contributed by atoms with Crippen molar-refractivity contribution >= 4 is 51.4 Å². The molecule has 0 atom stereocenters. The maximum Gasteiger partial charge on any atom is 0.342 e. The zero-order chi connectivity index (χ0) is 36.0. The van der Waals surface area contributed by atoms with E-state index in [2.05, 4.69) is 25.6 Å². The molecule has 0 saturated carbocycles. The topological polar surface area (TPSA) is 196 Å². The predicted octanol–water partition coefficient (Wildman–Crippen LogP) is 1.89. The van der Waals surface area contributed by atoms with Crippen molar-refractivity contribution in [1.29, 1.82) is 0 Å². The Morgan fingerprint density at radius 3 is 2.31 bits per heavy atom. The number of halogens is 2. The largest absolute Gasteiger partial charge is 0.368 e. The third kappa shape index (κ3) is 6.48. The quantitative estimate of drug-likeness (QED) is 0.241. The molecule has 0 radical (unpaired) electrons. The van der Waals surface area contributed by atoms with Crippen molar-refractivity contribution < 1.29 is 36.4 Å². The van der Waals surface area contributed by atoms with Gasteiger partial charge in [-0.1, -0.05) is 18.2 Å². The van der Waals surface area contributed by atoms with Crippen molar-refractivity contribution in [3.63, 3.8) is 0 Å². The van der Waals surface area contributed by atoms with Crippen LogP contribution in [0.4, 0.5) is 31.2 Å². The maximum atomic E-state index is 14.1. The first-order chi connectivity index (χ1) is 24.4. The number of carbonyl (C=O) groups excluding carboxylic acids is 4. The number of fused-ring (bicyclic) bond motifs is 1. The van der Waals surface area contributed by atoms with Gasteiger partial charge in [-0.05, 0) is 53.6 Å². The lowest BCUT2D eigenvalue weighted by molar-refractivity contribution is -0.123. The molecule has 2 saturated heterocycles. The number of hydrazine groups is 1. The summed E-state index contributed by atoms with van der Waals surface area (Å²) in [5.74, 6) is -4.57. The summed E-state index contributed by atoms with van der Waals surface area (Å²) < 4.78 is 57.1. The van der Waals surface area contributed by atoms with E-state index >= 15 is 0 Å². The number of nitrogen functional groups attached to an aromatic ring is 1. The highest BCUT2D eigenvalue weighted by molar-refractivity contribution is 7.89. The molecule has 264 valence electrons. The molecule has 19 heteroatoms. The summed E-state index contributed by atoms with van der Waals surface area (Å²) in [6.45, 7) is 2.29. The number of piperazine rings is 1. The van der Waals surface area contributed by atoms with Crippen LogP contribution in [0.3, 0.4) is 0 Å². The van der Waals surface area contributed by atoms with Crippen LogP contribution >= 0.6 is 0 Å². The van der Waals surface area contributed by atoms with E-state index in [9.17, 15) is 36.4 Å². The van der Waals surface area contributed by atoms with Gasteiger partial charge in [0.25, 0.3) is 11.8 Å². The molecule has 4 amide bonds. The van der Waals surface area contributed by atoms with E-state index < -0.39 is 45.1 Å². The molecular formula is C32H30F2N10O6S. The summed E-state index contributed by atoms with van der Waals surface area (Å²) >= 11 is 0. The Balaban J connectivity index is 0.943. The Morgan fingerprint density at radius 1 is 0.922 bits per heavy atom. The highest BCUT2D eigenvalue weighted by atomic mass is 32.2. The van der Waals surface area contributed by atoms with Gasteiger partial charge in [0.15, 0.2) is 0 Å². The summed E-state index contributed by atoms with van der Waals surface area (Å²) in [4.78, 5) is 55.5. The second-order valence-electron chi connectivity index (χ2n) is 12.0. The Hall–Kier alpha value is -5.79. The molecule has 0 unspecified atom stereocenters. The smallest absolute Gasteiger partial charge is 0.342 e. The van der Waals surface area contributed by atoms with Gasteiger partial charge in [0.05, 0.1) is 18.0 Å². The SMILES string of the molecule is Nc1nc(Nc2ccc(S(=O)(=O)N3CCN(Cc4ccc5c(c4)CN(N4CCC(=O)NC4=O)C5=O)CC3)cc2)nn1C(=O)c1c(F)cccc1F. The molecule has 3 aliphatic heterocycles. The van der Waals surface area contributed by atoms with E-state index in [4.69, 9.17) is 5.73 Å². The standard InChI is InChI=1S/C32H30F2N10O6S/c33-24-2-1-3-25(34)27(24)29(47)44-30(35)38-31(39-44)36-21-5-7-22(8-6-21)51(49,50)41-14-12-40(13-15-41)17-19-4-9-23-20(16-19)18-43(28(23)46)42-11-10-26(45)37-32(42)48/h1-9,16H,10-15,17-18H2,(H,37,45,48)(H3,35,36,38,39). The fourth-order valence-electron chi connectivity index (χ4n) is 6.15. The highest BCUT2D eigenvalue weighted by Gasteiger charge is 2.37. The fraction of sp³-hybridized carbons (Fsp3) is 0.250. The van der Waals surface area contributed by atoms with Gasteiger partial charge in [-0.2, -0.15) is 14.0 Å². The molecule has 4 heterocycles. The molecule has 3 aromatic carbocycles. The Labute approximate surface area is 289 Å². The van der Waals surface area contributed by atoms with E-state index in [-0.39, 0.29) is 55.3 Å². The van der Waals surface area contributed by atoms with E-state index in [0.29, 0.717) is 35.6 Å². The first kappa shape index (κ1) is 33.7. The van der Waals surface area contributed by atoms with Crippen LogP contribution in [0.1, 0.15) is 38.3 Å². The zero-order valence-corrected chi connectivity index (χ0v) is 27.6. The number of hydrogen-bond acceptors (Lipinski definition) is 11. The number of sulfonamides is 1. The van der Waals surface area contributed by atoms with Crippen LogP contribution in [0, 0.1) is 11.6 Å². The molecule has 16 nitrogen and oxygen atoms in total. The average molecular weight is 721 g/mol. The lowest BCUT2D eigenvalue weighted by Gasteiger charge is -2.34. The molecule has 7 rings (SSSR count). The number of nitrogens with one attached hydrogen (secondary N) is 2. The number of rotatable bonds is 8. The van der Waals surface area contributed by atoms with E-state index in [1.165, 1.54) is 38.6 Å². The van der Waals surface area contributed by atoms with Crippen molar-refractivity contribution in [2.45, 2.75) is 24.4 Å². The van der Waals surface area contributed by atoms with Crippen LogP contribution in [0.25, 0.3) is 0 Å². The number of imide groups is 1. The lowest BCUT2D eigenvalue weighted by atomic mass is 10.1. The predicted molar refractivity (Wildman–Crippen MR) is 175 cm³/mol. The normalized spacial score (nSPS) is 17.1. The summed E-state index contributed by atoms with van der Waals surface area (Å²) in [5, 5.41) is 11.5. The van der Waals surface area contributed by atoms with Crippen LogP contribution in [0.2, 0.25) is 0 Å². The minimum absolute atomic E-state index is 0.0595. The third-order valence-corrected chi connectivity index (χ3v) is 10.7. The number of nitrogens with two attached hydrogens (primary N) is 1.